The number of carbonyl (C=O) groups is 2. The van der Waals surface area contributed by atoms with Gasteiger partial charge in [0.05, 0.1) is 19.9 Å². The number of methoxy groups -OCH3 is 1. The van der Waals surface area contributed by atoms with Gasteiger partial charge in [-0.05, 0) is 56.2 Å². The van der Waals surface area contributed by atoms with Crippen LogP contribution in [0.15, 0.2) is 47.1 Å². The quantitative estimate of drug-likeness (QED) is 0.791. The SMILES string of the molecule is COc1ccc(OC(C)C(=O)N2CCC(C(=O)NCc3ccco3)CC2)cc1. The number of nitrogens with zero attached hydrogens (tertiary/aromatic N) is 1. The highest BCUT2D eigenvalue weighted by Gasteiger charge is 2.30. The number of amides is 2. The third kappa shape index (κ3) is 5.06. The van der Waals surface area contributed by atoms with Gasteiger partial charge >= 0.3 is 0 Å². The lowest BCUT2D eigenvalue weighted by molar-refractivity contribution is -0.141. The van der Waals surface area contributed by atoms with Crippen molar-refractivity contribution in [3.8, 4) is 11.5 Å². The maximum Gasteiger partial charge on any atom is 0.263 e. The van der Waals surface area contributed by atoms with Crippen LogP contribution in [0, 0.1) is 5.92 Å². The van der Waals surface area contributed by atoms with Gasteiger partial charge in [0.1, 0.15) is 17.3 Å². The highest BCUT2D eigenvalue weighted by atomic mass is 16.5. The van der Waals surface area contributed by atoms with E-state index in [0.717, 1.165) is 11.5 Å². The van der Waals surface area contributed by atoms with Crippen molar-refractivity contribution >= 4 is 11.8 Å². The first-order valence-electron chi connectivity index (χ1n) is 9.46. The molecule has 0 aliphatic carbocycles. The Morgan fingerprint density at radius 2 is 1.86 bits per heavy atom. The first kappa shape index (κ1) is 19.8. The van der Waals surface area contributed by atoms with Crippen molar-refractivity contribution in [3.05, 3.63) is 48.4 Å². The fourth-order valence-electron chi connectivity index (χ4n) is 3.26. The molecule has 1 aromatic heterocycles. The maximum absolute atomic E-state index is 12.6. The largest absolute Gasteiger partial charge is 0.497 e. The van der Waals surface area contributed by atoms with E-state index < -0.39 is 6.10 Å². The second-order valence-electron chi connectivity index (χ2n) is 6.83. The van der Waals surface area contributed by atoms with Gasteiger partial charge in [0.25, 0.3) is 5.91 Å². The Balaban J connectivity index is 1.43. The van der Waals surface area contributed by atoms with E-state index >= 15 is 0 Å². The fraction of sp³-hybridized carbons (Fsp3) is 0.429. The van der Waals surface area contributed by atoms with Crippen molar-refractivity contribution < 1.29 is 23.5 Å². The van der Waals surface area contributed by atoms with Crippen molar-refractivity contribution in [2.24, 2.45) is 5.92 Å². The lowest BCUT2D eigenvalue weighted by atomic mass is 9.95. The van der Waals surface area contributed by atoms with Gasteiger partial charge < -0.3 is 24.1 Å². The fourth-order valence-corrected chi connectivity index (χ4v) is 3.26. The molecule has 1 unspecified atom stereocenters. The van der Waals surface area contributed by atoms with Crippen LogP contribution in [0.1, 0.15) is 25.5 Å². The van der Waals surface area contributed by atoms with Crippen molar-refractivity contribution in [2.45, 2.75) is 32.4 Å². The van der Waals surface area contributed by atoms with E-state index in [-0.39, 0.29) is 17.7 Å². The summed E-state index contributed by atoms with van der Waals surface area (Å²) in [7, 11) is 1.60. The molecule has 28 heavy (non-hydrogen) atoms. The Labute approximate surface area is 164 Å². The summed E-state index contributed by atoms with van der Waals surface area (Å²) in [6.45, 7) is 3.23. The summed E-state index contributed by atoms with van der Waals surface area (Å²) < 4.78 is 16.1. The van der Waals surface area contributed by atoms with E-state index in [0.29, 0.717) is 38.2 Å². The highest BCUT2D eigenvalue weighted by molar-refractivity contribution is 5.82. The van der Waals surface area contributed by atoms with Gasteiger partial charge in [-0.1, -0.05) is 0 Å². The summed E-state index contributed by atoms with van der Waals surface area (Å²) >= 11 is 0. The third-order valence-electron chi connectivity index (χ3n) is 4.91. The maximum atomic E-state index is 12.6. The highest BCUT2D eigenvalue weighted by Crippen LogP contribution is 2.21. The summed E-state index contributed by atoms with van der Waals surface area (Å²) in [6.07, 6.45) is 2.29. The summed E-state index contributed by atoms with van der Waals surface area (Å²) in [5, 5.41) is 2.89. The predicted molar refractivity (Wildman–Crippen MR) is 103 cm³/mol. The van der Waals surface area contributed by atoms with Crippen LogP contribution in [-0.4, -0.2) is 43.0 Å². The van der Waals surface area contributed by atoms with Crippen LogP contribution in [0.3, 0.4) is 0 Å². The number of hydrogen-bond acceptors (Lipinski definition) is 5. The molecule has 1 atom stereocenters. The predicted octanol–water partition coefficient (Wildman–Crippen LogP) is 2.61. The van der Waals surface area contributed by atoms with Crippen molar-refractivity contribution in [3.63, 3.8) is 0 Å². The molecule has 3 rings (SSSR count). The van der Waals surface area contributed by atoms with Gasteiger partial charge in [-0.25, -0.2) is 0 Å². The molecule has 0 spiro atoms. The van der Waals surface area contributed by atoms with Crippen LogP contribution in [0.5, 0.6) is 11.5 Å². The Kier molecular flexibility index (Phi) is 6.57. The van der Waals surface area contributed by atoms with Crippen LogP contribution < -0.4 is 14.8 Å². The van der Waals surface area contributed by atoms with Gasteiger partial charge in [0, 0.05) is 19.0 Å². The third-order valence-corrected chi connectivity index (χ3v) is 4.91. The molecule has 0 bridgehead atoms. The number of hydrogen-bond donors (Lipinski definition) is 1. The Bertz CT molecular complexity index is 765. The van der Waals surface area contributed by atoms with E-state index in [4.69, 9.17) is 13.9 Å². The number of benzene rings is 1. The Morgan fingerprint density at radius 1 is 1.18 bits per heavy atom. The first-order valence-corrected chi connectivity index (χ1v) is 9.46. The van der Waals surface area contributed by atoms with E-state index in [1.54, 1.807) is 55.5 Å². The van der Waals surface area contributed by atoms with E-state index in [1.807, 2.05) is 6.07 Å². The van der Waals surface area contributed by atoms with Crippen molar-refractivity contribution in [1.82, 2.24) is 10.2 Å². The average molecular weight is 386 g/mol. The molecule has 1 N–H and O–H groups in total. The average Bonchev–Trinajstić information content (AvgIpc) is 3.26. The number of nitrogens with one attached hydrogen (secondary N) is 1. The standard InChI is InChI=1S/C21H26N2O5/c1-15(28-18-7-5-17(26-2)6-8-18)21(25)23-11-9-16(10-12-23)20(24)22-14-19-4-3-13-27-19/h3-8,13,15-16H,9-12,14H2,1-2H3,(H,22,24). The van der Waals surface area contributed by atoms with Crippen LogP contribution >= 0.6 is 0 Å². The lowest BCUT2D eigenvalue weighted by Crippen LogP contribution is -2.47. The van der Waals surface area contributed by atoms with Crippen LogP contribution in [0.2, 0.25) is 0 Å². The van der Waals surface area contributed by atoms with Gasteiger partial charge in [0.2, 0.25) is 5.91 Å². The topological polar surface area (TPSA) is 81.0 Å². The minimum atomic E-state index is -0.585. The Hall–Kier alpha value is -2.96. The van der Waals surface area contributed by atoms with E-state index in [1.165, 1.54) is 0 Å². The van der Waals surface area contributed by atoms with Crippen molar-refractivity contribution in [1.29, 1.82) is 0 Å². The zero-order valence-electron chi connectivity index (χ0n) is 16.2. The van der Waals surface area contributed by atoms with Gasteiger partial charge in [-0.3, -0.25) is 9.59 Å². The molecule has 1 aliphatic rings. The lowest BCUT2D eigenvalue weighted by Gasteiger charge is -2.33. The molecule has 2 heterocycles. The molecule has 1 aromatic carbocycles. The number of piperidine rings is 1. The molecule has 7 heteroatoms. The minimum Gasteiger partial charge on any atom is -0.497 e. The summed E-state index contributed by atoms with van der Waals surface area (Å²) in [6, 6.07) is 10.8. The zero-order chi connectivity index (χ0) is 19.9. The molecule has 7 nitrogen and oxygen atoms in total. The molecule has 0 radical (unpaired) electrons. The van der Waals surface area contributed by atoms with E-state index in [9.17, 15) is 9.59 Å². The molecule has 1 saturated heterocycles. The molecular weight excluding hydrogens is 360 g/mol. The van der Waals surface area contributed by atoms with Crippen LogP contribution in [0.4, 0.5) is 0 Å². The molecule has 0 saturated carbocycles. The molecule has 1 aliphatic heterocycles. The number of ether oxygens (including phenoxy) is 2. The number of likely N-dealkylation sites (tertiary alicyclic amines) is 1. The molecule has 150 valence electrons. The summed E-state index contributed by atoms with van der Waals surface area (Å²) in [4.78, 5) is 26.7. The zero-order valence-corrected chi connectivity index (χ0v) is 16.2. The number of rotatable bonds is 7. The van der Waals surface area contributed by atoms with Crippen LogP contribution in [0.25, 0.3) is 0 Å². The van der Waals surface area contributed by atoms with E-state index in [2.05, 4.69) is 5.32 Å². The van der Waals surface area contributed by atoms with Crippen molar-refractivity contribution in [2.75, 3.05) is 20.2 Å². The Morgan fingerprint density at radius 3 is 2.46 bits per heavy atom. The molecule has 2 amide bonds. The number of furan rings is 1. The van der Waals surface area contributed by atoms with Gasteiger partial charge in [-0.2, -0.15) is 0 Å². The normalized spacial score (nSPS) is 15.7. The summed E-state index contributed by atoms with van der Waals surface area (Å²) in [5.74, 6) is 1.94. The smallest absolute Gasteiger partial charge is 0.263 e. The molecule has 1 fully saturated rings. The van der Waals surface area contributed by atoms with Gasteiger partial charge in [-0.15, -0.1) is 0 Å². The first-order chi connectivity index (χ1) is 13.6. The van der Waals surface area contributed by atoms with Gasteiger partial charge in [0.15, 0.2) is 6.10 Å². The van der Waals surface area contributed by atoms with Crippen LogP contribution in [-0.2, 0) is 16.1 Å². The number of carbonyl (C=O) groups excluding carboxylic acids is 2. The second kappa shape index (κ2) is 9.30. The minimum absolute atomic E-state index is 0.00558. The molecular formula is C21H26N2O5. The second-order valence-corrected chi connectivity index (χ2v) is 6.83. The summed E-state index contributed by atoms with van der Waals surface area (Å²) in [5.41, 5.74) is 0. The monoisotopic (exact) mass is 386 g/mol. The molecule has 2 aromatic rings.